The molecular weight excluding hydrogens is 302 g/mol. The quantitative estimate of drug-likeness (QED) is 0.685. The molecule has 0 atom stereocenters. The SMILES string of the molecule is CS(=O)(=O)CCS(=O)(=O)Nc1cc(C#CCN)ccn1. The van der Waals surface area contributed by atoms with Crippen molar-refractivity contribution < 1.29 is 16.8 Å². The lowest BCUT2D eigenvalue weighted by Gasteiger charge is -2.06. The minimum atomic E-state index is -3.77. The Morgan fingerprint density at radius 1 is 1.30 bits per heavy atom. The Hall–Kier alpha value is -1.63. The summed E-state index contributed by atoms with van der Waals surface area (Å²) in [6.45, 7) is 0.192. The standard InChI is InChI=1S/C11H15N3O4S2/c1-19(15,16)7-8-20(17,18)14-11-9-10(3-2-5-12)4-6-13-11/h4,6,9H,5,7-8,12H2,1H3,(H,13,14). The highest BCUT2D eigenvalue weighted by molar-refractivity contribution is 7.95. The van der Waals surface area contributed by atoms with Gasteiger partial charge in [-0.3, -0.25) is 4.72 Å². The van der Waals surface area contributed by atoms with Crippen molar-refractivity contribution in [2.24, 2.45) is 5.73 Å². The topological polar surface area (TPSA) is 119 Å². The van der Waals surface area contributed by atoms with E-state index in [0.717, 1.165) is 6.26 Å². The summed E-state index contributed by atoms with van der Waals surface area (Å²) in [5, 5.41) is 0. The van der Waals surface area contributed by atoms with Crippen molar-refractivity contribution in [3.63, 3.8) is 0 Å². The van der Waals surface area contributed by atoms with Gasteiger partial charge in [0.1, 0.15) is 15.7 Å². The van der Waals surface area contributed by atoms with Gasteiger partial charge in [0.25, 0.3) is 0 Å². The Bertz CT molecular complexity index is 730. The van der Waals surface area contributed by atoms with Crippen molar-refractivity contribution in [3.8, 4) is 11.8 Å². The van der Waals surface area contributed by atoms with E-state index in [-0.39, 0.29) is 12.4 Å². The van der Waals surface area contributed by atoms with Crippen molar-refractivity contribution in [3.05, 3.63) is 23.9 Å². The van der Waals surface area contributed by atoms with Crippen LogP contribution in [0.3, 0.4) is 0 Å². The van der Waals surface area contributed by atoms with Crippen LogP contribution in [0.15, 0.2) is 18.3 Å². The molecule has 7 nitrogen and oxygen atoms in total. The van der Waals surface area contributed by atoms with E-state index < -0.39 is 31.4 Å². The second kappa shape index (κ2) is 6.69. The molecule has 0 radical (unpaired) electrons. The summed E-state index contributed by atoms with van der Waals surface area (Å²) in [4.78, 5) is 3.84. The molecule has 0 amide bonds. The fourth-order valence-corrected chi connectivity index (χ4v) is 3.81. The predicted molar refractivity (Wildman–Crippen MR) is 77.3 cm³/mol. The first-order valence-electron chi connectivity index (χ1n) is 5.55. The van der Waals surface area contributed by atoms with Crippen LogP contribution in [-0.4, -0.2) is 46.1 Å². The first-order valence-corrected chi connectivity index (χ1v) is 9.26. The fourth-order valence-electron chi connectivity index (χ4n) is 1.19. The molecule has 0 saturated carbocycles. The van der Waals surface area contributed by atoms with Gasteiger partial charge in [-0.2, -0.15) is 0 Å². The molecule has 1 rings (SSSR count). The zero-order valence-electron chi connectivity index (χ0n) is 10.8. The second-order valence-electron chi connectivity index (χ2n) is 3.99. The second-order valence-corrected chi connectivity index (χ2v) is 8.09. The Morgan fingerprint density at radius 2 is 2.00 bits per heavy atom. The van der Waals surface area contributed by atoms with Crippen molar-refractivity contribution in [2.45, 2.75) is 0 Å². The number of nitrogens with one attached hydrogen (secondary N) is 1. The molecule has 0 unspecified atom stereocenters. The minimum Gasteiger partial charge on any atom is -0.320 e. The molecule has 0 aliphatic heterocycles. The van der Waals surface area contributed by atoms with Gasteiger partial charge in [-0.15, -0.1) is 0 Å². The number of nitrogens with zero attached hydrogens (tertiary/aromatic N) is 1. The zero-order valence-corrected chi connectivity index (χ0v) is 12.5. The van der Waals surface area contributed by atoms with Gasteiger partial charge in [-0.1, -0.05) is 11.8 Å². The van der Waals surface area contributed by atoms with E-state index in [0.29, 0.717) is 5.56 Å². The molecule has 1 aromatic heterocycles. The van der Waals surface area contributed by atoms with Crippen LogP contribution in [0.5, 0.6) is 0 Å². The molecule has 1 heterocycles. The fraction of sp³-hybridized carbons (Fsp3) is 0.364. The van der Waals surface area contributed by atoms with Crippen molar-refractivity contribution >= 4 is 25.7 Å². The maximum Gasteiger partial charge on any atom is 0.234 e. The molecule has 9 heteroatoms. The third-order valence-corrected chi connectivity index (χ3v) is 4.54. The summed E-state index contributed by atoms with van der Waals surface area (Å²) in [5.41, 5.74) is 5.80. The van der Waals surface area contributed by atoms with E-state index in [2.05, 4.69) is 21.5 Å². The highest BCUT2D eigenvalue weighted by Gasteiger charge is 2.15. The van der Waals surface area contributed by atoms with Gasteiger partial charge in [0.15, 0.2) is 0 Å². The largest absolute Gasteiger partial charge is 0.320 e. The van der Waals surface area contributed by atoms with Gasteiger partial charge in [0.05, 0.1) is 18.1 Å². The monoisotopic (exact) mass is 317 g/mol. The lowest BCUT2D eigenvalue weighted by molar-refractivity contribution is 0.593. The smallest absolute Gasteiger partial charge is 0.234 e. The summed E-state index contributed by atoms with van der Waals surface area (Å²) in [6, 6.07) is 3.05. The van der Waals surface area contributed by atoms with E-state index in [1.807, 2.05) is 0 Å². The Morgan fingerprint density at radius 3 is 2.60 bits per heavy atom. The molecule has 1 aromatic rings. The van der Waals surface area contributed by atoms with Crippen molar-refractivity contribution in [2.75, 3.05) is 29.0 Å². The van der Waals surface area contributed by atoms with Crippen molar-refractivity contribution in [1.29, 1.82) is 0 Å². The average Bonchev–Trinajstić information content (AvgIpc) is 2.33. The Kier molecular flexibility index (Phi) is 5.50. The Balaban J connectivity index is 2.82. The third kappa shape index (κ3) is 6.51. The molecule has 0 aliphatic rings. The van der Waals surface area contributed by atoms with Crippen LogP contribution in [0.1, 0.15) is 5.56 Å². The molecular formula is C11H15N3O4S2. The first-order chi connectivity index (χ1) is 9.22. The molecule has 110 valence electrons. The van der Waals surface area contributed by atoms with Crippen LogP contribution in [-0.2, 0) is 19.9 Å². The van der Waals surface area contributed by atoms with Gasteiger partial charge in [0.2, 0.25) is 10.0 Å². The zero-order chi connectivity index (χ0) is 15.2. The molecule has 0 aromatic carbocycles. The summed E-state index contributed by atoms with van der Waals surface area (Å²) < 4.78 is 47.5. The molecule has 20 heavy (non-hydrogen) atoms. The number of sulfone groups is 1. The predicted octanol–water partition coefficient (Wildman–Crippen LogP) is -0.822. The molecule has 0 saturated heterocycles. The summed E-state index contributed by atoms with van der Waals surface area (Å²) in [7, 11) is -7.12. The number of pyridine rings is 1. The highest BCUT2D eigenvalue weighted by Crippen LogP contribution is 2.08. The van der Waals surface area contributed by atoms with Gasteiger partial charge >= 0.3 is 0 Å². The first kappa shape index (κ1) is 16.4. The number of hydrogen-bond acceptors (Lipinski definition) is 6. The molecule has 0 bridgehead atoms. The lowest BCUT2D eigenvalue weighted by atomic mass is 10.2. The van der Waals surface area contributed by atoms with Gasteiger partial charge in [-0.05, 0) is 12.1 Å². The minimum absolute atomic E-state index is 0.0855. The van der Waals surface area contributed by atoms with Crippen LogP contribution >= 0.6 is 0 Å². The number of hydrogen-bond donors (Lipinski definition) is 2. The Labute approximate surface area is 118 Å². The maximum atomic E-state index is 11.7. The van der Waals surface area contributed by atoms with Crippen LogP contribution in [0.2, 0.25) is 0 Å². The average molecular weight is 317 g/mol. The maximum absolute atomic E-state index is 11.7. The van der Waals surface area contributed by atoms with Gasteiger partial charge in [-0.25, -0.2) is 21.8 Å². The third-order valence-electron chi connectivity index (χ3n) is 2.08. The van der Waals surface area contributed by atoms with Crippen LogP contribution < -0.4 is 10.5 Å². The number of anilines is 1. The van der Waals surface area contributed by atoms with Gasteiger partial charge in [0, 0.05) is 18.0 Å². The van der Waals surface area contributed by atoms with Crippen LogP contribution in [0, 0.1) is 11.8 Å². The van der Waals surface area contributed by atoms with E-state index in [1.165, 1.54) is 12.3 Å². The van der Waals surface area contributed by atoms with E-state index in [4.69, 9.17) is 5.73 Å². The van der Waals surface area contributed by atoms with E-state index >= 15 is 0 Å². The highest BCUT2D eigenvalue weighted by atomic mass is 32.2. The van der Waals surface area contributed by atoms with Gasteiger partial charge < -0.3 is 5.73 Å². The van der Waals surface area contributed by atoms with Crippen molar-refractivity contribution in [1.82, 2.24) is 4.98 Å². The van der Waals surface area contributed by atoms with Crippen LogP contribution in [0.25, 0.3) is 0 Å². The molecule has 0 spiro atoms. The lowest BCUT2D eigenvalue weighted by Crippen LogP contribution is -2.22. The summed E-state index contributed by atoms with van der Waals surface area (Å²) in [5.74, 6) is 4.49. The number of rotatable bonds is 5. The van der Waals surface area contributed by atoms with Crippen LogP contribution in [0.4, 0.5) is 5.82 Å². The number of aromatic nitrogens is 1. The number of sulfonamides is 1. The summed E-state index contributed by atoms with van der Waals surface area (Å²) >= 11 is 0. The molecule has 0 fully saturated rings. The normalized spacial score (nSPS) is 11.5. The summed E-state index contributed by atoms with van der Waals surface area (Å²) in [6.07, 6.45) is 2.37. The number of nitrogens with two attached hydrogens (primary N) is 1. The molecule has 0 aliphatic carbocycles. The van der Waals surface area contributed by atoms with E-state index in [9.17, 15) is 16.8 Å². The molecule has 3 N–H and O–H groups in total. The van der Waals surface area contributed by atoms with E-state index in [1.54, 1.807) is 6.07 Å².